The van der Waals surface area contributed by atoms with Crippen LogP contribution in [0, 0.1) is 0 Å². The molecule has 0 spiro atoms. The predicted octanol–water partition coefficient (Wildman–Crippen LogP) is 1.28. The van der Waals surface area contributed by atoms with Crippen LogP contribution < -0.4 is 10.6 Å². The molecule has 0 saturated carbocycles. The van der Waals surface area contributed by atoms with Crippen molar-refractivity contribution in [3.63, 3.8) is 0 Å². The van der Waals surface area contributed by atoms with E-state index < -0.39 is 0 Å². The minimum atomic E-state index is -0.379. The second-order valence-electron chi connectivity index (χ2n) is 5.60. The standard InChI is InChI=1S/C15H29N3O2/c1-5-8-13(17-14(19)11(3)16-4)15(20)18-10-7-9-12(18)6-2/h11-13,16H,5-10H2,1-4H3,(H,17,19)/t11-,12?,13-/m0/s1. The van der Waals surface area contributed by atoms with Gasteiger partial charge in [-0.25, -0.2) is 0 Å². The Balaban J connectivity index is 2.69. The first-order chi connectivity index (χ1) is 9.54. The lowest BCUT2D eigenvalue weighted by Gasteiger charge is -2.29. The van der Waals surface area contributed by atoms with E-state index in [9.17, 15) is 9.59 Å². The quantitative estimate of drug-likeness (QED) is 0.740. The Bertz CT molecular complexity index is 333. The summed E-state index contributed by atoms with van der Waals surface area (Å²) in [4.78, 5) is 26.6. The van der Waals surface area contributed by atoms with Crippen molar-refractivity contribution >= 4 is 11.8 Å². The highest BCUT2D eigenvalue weighted by molar-refractivity contribution is 5.89. The van der Waals surface area contributed by atoms with E-state index in [4.69, 9.17) is 0 Å². The van der Waals surface area contributed by atoms with Gasteiger partial charge < -0.3 is 15.5 Å². The molecule has 0 aliphatic carbocycles. The van der Waals surface area contributed by atoms with Gasteiger partial charge in [0.2, 0.25) is 11.8 Å². The molecule has 0 aromatic carbocycles. The van der Waals surface area contributed by atoms with Crippen molar-refractivity contribution in [3.05, 3.63) is 0 Å². The van der Waals surface area contributed by atoms with Gasteiger partial charge >= 0.3 is 0 Å². The fraction of sp³-hybridized carbons (Fsp3) is 0.867. The number of nitrogens with zero attached hydrogens (tertiary/aromatic N) is 1. The lowest BCUT2D eigenvalue weighted by Crippen LogP contribution is -2.53. The molecule has 3 atom stereocenters. The van der Waals surface area contributed by atoms with Gasteiger partial charge in [0.1, 0.15) is 6.04 Å². The summed E-state index contributed by atoms with van der Waals surface area (Å²) < 4.78 is 0. The topological polar surface area (TPSA) is 61.4 Å². The number of carbonyl (C=O) groups is 2. The van der Waals surface area contributed by atoms with Gasteiger partial charge in [-0.1, -0.05) is 20.3 Å². The third kappa shape index (κ3) is 4.20. The van der Waals surface area contributed by atoms with E-state index in [2.05, 4.69) is 17.6 Å². The third-order valence-electron chi connectivity index (χ3n) is 4.15. The molecule has 116 valence electrons. The highest BCUT2D eigenvalue weighted by atomic mass is 16.2. The average molecular weight is 283 g/mol. The Labute approximate surface area is 122 Å². The van der Waals surface area contributed by atoms with Gasteiger partial charge in [0.25, 0.3) is 0 Å². The minimum Gasteiger partial charge on any atom is -0.343 e. The minimum absolute atomic E-state index is 0.0906. The maximum atomic E-state index is 12.6. The van der Waals surface area contributed by atoms with Crippen LogP contribution in [0.25, 0.3) is 0 Å². The summed E-state index contributed by atoms with van der Waals surface area (Å²) in [7, 11) is 1.74. The molecule has 1 unspecified atom stereocenters. The largest absolute Gasteiger partial charge is 0.343 e. The Morgan fingerprint density at radius 1 is 1.35 bits per heavy atom. The van der Waals surface area contributed by atoms with E-state index in [1.165, 1.54) is 0 Å². The fourth-order valence-electron chi connectivity index (χ4n) is 2.72. The molecular weight excluding hydrogens is 254 g/mol. The first-order valence-corrected chi connectivity index (χ1v) is 7.83. The lowest BCUT2D eigenvalue weighted by atomic mass is 10.1. The zero-order valence-electron chi connectivity index (χ0n) is 13.2. The molecule has 0 aromatic heterocycles. The van der Waals surface area contributed by atoms with Gasteiger partial charge in [-0.3, -0.25) is 9.59 Å². The Hall–Kier alpha value is -1.10. The molecule has 1 heterocycles. The fourth-order valence-corrected chi connectivity index (χ4v) is 2.72. The number of likely N-dealkylation sites (N-methyl/N-ethyl adjacent to an activating group) is 1. The number of rotatable bonds is 7. The van der Waals surface area contributed by atoms with Gasteiger partial charge in [-0.2, -0.15) is 0 Å². The van der Waals surface area contributed by atoms with Crippen LogP contribution in [-0.4, -0.2) is 48.4 Å². The molecule has 2 amide bonds. The van der Waals surface area contributed by atoms with Gasteiger partial charge in [-0.15, -0.1) is 0 Å². The number of likely N-dealkylation sites (tertiary alicyclic amines) is 1. The summed E-state index contributed by atoms with van der Waals surface area (Å²) in [6.45, 7) is 6.78. The molecule has 5 heteroatoms. The molecule has 1 aliphatic heterocycles. The van der Waals surface area contributed by atoms with Crippen molar-refractivity contribution in [1.29, 1.82) is 0 Å². The maximum absolute atomic E-state index is 12.6. The Kier molecular flexibility index (Phi) is 6.99. The summed E-state index contributed by atoms with van der Waals surface area (Å²) >= 11 is 0. The van der Waals surface area contributed by atoms with E-state index in [1.54, 1.807) is 14.0 Å². The van der Waals surface area contributed by atoms with Crippen molar-refractivity contribution in [2.45, 2.75) is 71.0 Å². The van der Waals surface area contributed by atoms with Crippen LogP contribution in [0.3, 0.4) is 0 Å². The van der Waals surface area contributed by atoms with Gasteiger partial charge in [0.15, 0.2) is 0 Å². The number of hydrogen-bond acceptors (Lipinski definition) is 3. The number of carbonyl (C=O) groups excluding carboxylic acids is 2. The molecule has 1 rings (SSSR count). The smallest absolute Gasteiger partial charge is 0.245 e. The Morgan fingerprint density at radius 2 is 2.05 bits per heavy atom. The molecule has 1 saturated heterocycles. The van der Waals surface area contributed by atoms with Crippen molar-refractivity contribution in [1.82, 2.24) is 15.5 Å². The highest BCUT2D eigenvalue weighted by Gasteiger charge is 2.32. The van der Waals surface area contributed by atoms with Crippen LogP contribution in [-0.2, 0) is 9.59 Å². The maximum Gasteiger partial charge on any atom is 0.245 e. The average Bonchev–Trinajstić information content (AvgIpc) is 2.93. The molecule has 20 heavy (non-hydrogen) atoms. The van der Waals surface area contributed by atoms with Crippen LogP contribution in [0.5, 0.6) is 0 Å². The molecule has 2 N–H and O–H groups in total. The highest BCUT2D eigenvalue weighted by Crippen LogP contribution is 2.21. The second kappa shape index (κ2) is 8.25. The van der Waals surface area contributed by atoms with Crippen LogP contribution in [0.15, 0.2) is 0 Å². The molecule has 5 nitrogen and oxygen atoms in total. The molecular formula is C15H29N3O2. The van der Waals surface area contributed by atoms with E-state index in [0.717, 1.165) is 32.2 Å². The first-order valence-electron chi connectivity index (χ1n) is 7.83. The Morgan fingerprint density at radius 3 is 2.60 bits per heavy atom. The van der Waals surface area contributed by atoms with Crippen molar-refractivity contribution in [2.75, 3.05) is 13.6 Å². The SMILES string of the molecule is CCC[C@H](NC(=O)[C@H](C)NC)C(=O)N1CCCC1CC. The van der Waals surface area contributed by atoms with Crippen LogP contribution in [0.2, 0.25) is 0 Å². The van der Waals surface area contributed by atoms with Gasteiger partial charge in [-0.05, 0) is 39.7 Å². The summed E-state index contributed by atoms with van der Waals surface area (Å²) in [5, 5.41) is 5.80. The summed E-state index contributed by atoms with van der Waals surface area (Å²) in [6, 6.07) is -0.307. The molecule has 0 radical (unpaired) electrons. The normalized spacial score (nSPS) is 21.6. The van der Waals surface area contributed by atoms with Gasteiger partial charge in [0.05, 0.1) is 6.04 Å². The van der Waals surface area contributed by atoms with Gasteiger partial charge in [0, 0.05) is 12.6 Å². The van der Waals surface area contributed by atoms with E-state index >= 15 is 0 Å². The lowest BCUT2D eigenvalue weighted by molar-refractivity contribution is -0.137. The van der Waals surface area contributed by atoms with E-state index in [0.29, 0.717) is 12.5 Å². The van der Waals surface area contributed by atoms with Crippen LogP contribution in [0.4, 0.5) is 0 Å². The number of hydrogen-bond donors (Lipinski definition) is 2. The monoisotopic (exact) mass is 283 g/mol. The number of amides is 2. The molecule has 1 fully saturated rings. The van der Waals surface area contributed by atoms with E-state index in [1.807, 2.05) is 11.8 Å². The zero-order chi connectivity index (χ0) is 15.1. The first kappa shape index (κ1) is 17.0. The summed E-state index contributed by atoms with van der Waals surface area (Å²) in [5.41, 5.74) is 0. The third-order valence-corrected chi connectivity index (χ3v) is 4.15. The van der Waals surface area contributed by atoms with Crippen molar-refractivity contribution < 1.29 is 9.59 Å². The molecule has 1 aliphatic rings. The van der Waals surface area contributed by atoms with E-state index in [-0.39, 0.29) is 23.9 Å². The molecule has 0 bridgehead atoms. The van der Waals surface area contributed by atoms with Crippen LogP contribution in [0.1, 0.15) is 52.9 Å². The van der Waals surface area contributed by atoms with Crippen molar-refractivity contribution in [3.8, 4) is 0 Å². The summed E-state index contributed by atoms with van der Waals surface area (Å²) in [5.74, 6) is -0.0144. The second-order valence-corrected chi connectivity index (χ2v) is 5.60. The number of nitrogens with one attached hydrogen (secondary N) is 2. The zero-order valence-corrected chi connectivity index (χ0v) is 13.2. The van der Waals surface area contributed by atoms with Crippen LogP contribution >= 0.6 is 0 Å². The van der Waals surface area contributed by atoms with Crippen molar-refractivity contribution in [2.24, 2.45) is 0 Å². The summed E-state index contributed by atoms with van der Waals surface area (Å²) in [6.07, 6.45) is 4.74. The predicted molar refractivity (Wildman–Crippen MR) is 80.4 cm³/mol. The molecule has 0 aromatic rings.